The first kappa shape index (κ1) is 12.0. The van der Waals surface area contributed by atoms with Crippen molar-refractivity contribution in [3.8, 4) is 12.1 Å². The van der Waals surface area contributed by atoms with Gasteiger partial charge >= 0.3 is 0 Å². The summed E-state index contributed by atoms with van der Waals surface area (Å²) in [4.78, 5) is 11.8. The van der Waals surface area contributed by atoms with E-state index < -0.39 is 11.3 Å². The standard InChI is InChI=1S/C12H13N3OS/c13-6-8-10(16)15-11(17)9(7-14)12(8)4-2-1-3-5-12/h8,17H,1-5H2,(H,15,16). The Kier molecular flexibility index (Phi) is 3.13. The zero-order chi connectivity index (χ0) is 12.5. The molecule has 88 valence electrons. The molecule has 1 aliphatic heterocycles. The van der Waals surface area contributed by atoms with Crippen LogP contribution in [0.5, 0.6) is 0 Å². The van der Waals surface area contributed by atoms with Crippen LogP contribution in [0, 0.1) is 34.0 Å². The molecule has 0 aromatic carbocycles. The summed E-state index contributed by atoms with van der Waals surface area (Å²) in [6.07, 6.45) is 4.47. The monoisotopic (exact) mass is 247 g/mol. The number of allylic oxidation sites excluding steroid dienone is 1. The van der Waals surface area contributed by atoms with Crippen molar-refractivity contribution in [2.45, 2.75) is 32.1 Å². The summed E-state index contributed by atoms with van der Waals surface area (Å²) in [5.41, 5.74) is -0.118. The fraction of sp³-hybridized carbons (Fsp3) is 0.583. The minimum Gasteiger partial charge on any atom is -0.319 e. The summed E-state index contributed by atoms with van der Waals surface area (Å²) >= 11 is 4.18. The molecule has 1 amide bonds. The van der Waals surface area contributed by atoms with E-state index in [0.717, 1.165) is 32.1 Å². The summed E-state index contributed by atoms with van der Waals surface area (Å²) in [6, 6.07) is 4.20. The molecule has 0 aromatic rings. The zero-order valence-corrected chi connectivity index (χ0v) is 10.3. The van der Waals surface area contributed by atoms with E-state index in [1.165, 1.54) is 0 Å². The molecule has 1 saturated carbocycles. The van der Waals surface area contributed by atoms with Gasteiger partial charge in [0, 0.05) is 5.41 Å². The molecule has 1 atom stereocenters. The van der Waals surface area contributed by atoms with Crippen molar-refractivity contribution >= 4 is 18.5 Å². The van der Waals surface area contributed by atoms with Gasteiger partial charge in [0.2, 0.25) is 5.91 Å². The minimum atomic E-state index is -0.756. The Morgan fingerprint density at radius 1 is 1.29 bits per heavy atom. The van der Waals surface area contributed by atoms with Gasteiger partial charge in [-0.2, -0.15) is 10.5 Å². The molecule has 2 aliphatic rings. The van der Waals surface area contributed by atoms with Gasteiger partial charge in [-0.15, -0.1) is 12.6 Å². The third kappa shape index (κ3) is 1.71. The molecule has 2 rings (SSSR count). The van der Waals surface area contributed by atoms with E-state index in [1.54, 1.807) is 0 Å². The second-order valence-corrected chi connectivity index (χ2v) is 5.05. The Balaban J connectivity index is 2.55. The number of nitrogens with one attached hydrogen (secondary N) is 1. The van der Waals surface area contributed by atoms with Gasteiger partial charge in [-0.05, 0) is 12.8 Å². The van der Waals surface area contributed by atoms with Crippen LogP contribution in [0.1, 0.15) is 32.1 Å². The highest BCUT2D eigenvalue weighted by Crippen LogP contribution is 2.50. The van der Waals surface area contributed by atoms with E-state index in [9.17, 15) is 15.3 Å². The Morgan fingerprint density at radius 2 is 1.94 bits per heavy atom. The van der Waals surface area contributed by atoms with Crippen LogP contribution in [0.15, 0.2) is 10.6 Å². The maximum absolute atomic E-state index is 11.8. The second-order valence-electron chi connectivity index (χ2n) is 4.60. The Morgan fingerprint density at radius 3 is 2.47 bits per heavy atom. The second kappa shape index (κ2) is 4.43. The lowest BCUT2D eigenvalue weighted by Gasteiger charge is -2.42. The third-order valence-corrected chi connectivity index (χ3v) is 4.11. The molecule has 0 aromatic heterocycles. The van der Waals surface area contributed by atoms with E-state index in [1.807, 2.05) is 0 Å². The number of nitriles is 2. The van der Waals surface area contributed by atoms with Gasteiger partial charge in [0.05, 0.1) is 22.7 Å². The quantitative estimate of drug-likeness (QED) is 0.641. The van der Waals surface area contributed by atoms with Crippen molar-refractivity contribution < 1.29 is 4.79 Å². The van der Waals surface area contributed by atoms with E-state index in [-0.39, 0.29) is 5.91 Å². The SMILES string of the molecule is N#CC1=C(S)NC(=O)C(C#N)C12CCCCC2. The molecule has 5 heteroatoms. The van der Waals surface area contributed by atoms with Crippen molar-refractivity contribution in [2.75, 3.05) is 0 Å². The van der Waals surface area contributed by atoms with Crippen LogP contribution in [0.4, 0.5) is 0 Å². The van der Waals surface area contributed by atoms with Crippen molar-refractivity contribution in [1.29, 1.82) is 10.5 Å². The molecule has 1 fully saturated rings. The van der Waals surface area contributed by atoms with Crippen LogP contribution in [0.25, 0.3) is 0 Å². The number of thiol groups is 1. The molecule has 1 N–H and O–H groups in total. The highest BCUT2D eigenvalue weighted by atomic mass is 32.1. The molecule has 0 saturated heterocycles. The van der Waals surface area contributed by atoms with Crippen LogP contribution < -0.4 is 5.32 Å². The topological polar surface area (TPSA) is 76.7 Å². The lowest BCUT2D eigenvalue weighted by atomic mass is 9.61. The van der Waals surface area contributed by atoms with Crippen LogP contribution >= 0.6 is 12.6 Å². The van der Waals surface area contributed by atoms with Gasteiger partial charge in [-0.25, -0.2) is 0 Å². The summed E-state index contributed by atoms with van der Waals surface area (Å²) in [5.74, 6) is -1.08. The third-order valence-electron chi connectivity index (χ3n) is 3.78. The molecule has 0 radical (unpaired) electrons. The maximum Gasteiger partial charge on any atom is 0.243 e. The fourth-order valence-corrected chi connectivity index (χ4v) is 3.33. The first-order chi connectivity index (χ1) is 8.15. The van der Waals surface area contributed by atoms with Gasteiger partial charge in [-0.1, -0.05) is 19.3 Å². The summed E-state index contributed by atoms with van der Waals surface area (Å²) in [6.45, 7) is 0. The van der Waals surface area contributed by atoms with E-state index in [4.69, 9.17) is 0 Å². The summed E-state index contributed by atoms with van der Waals surface area (Å²) in [7, 11) is 0. The Labute approximate surface area is 106 Å². The van der Waals surface area contributed by atoms with Gasteiger partial charge in [0.1, 0.15) is 5.92 Å². The van der Waals surface area contributed by atoms with Crippen LogP contribution in [-0.4, -0.2) is 5.91 Å². The van der Waals surface area contributed by atoms with Crippen molar-refractivity contribution in [3.05, 3.63) is 10.6 Å². The number of hydrogen-bond acceptors (Lipinski definition) is 4. The molecule has 1 spiro atoms. The molecular weight excluding hydrogens is 234 g/mol. The van der Waals surface area contributed by atoms with Crippen molar-refractivity contribution in [2.24, 2.45) is 11.3 Å². The first-order valence-electron chi connectivity index (χ1n) is 5.70. The van der Waals surface area contributed by atoms with E-state index in [2.05, 4.69) is 30.1 Å². The lowest BCUT2D eigenvalue weighted by Crippen LogP contribution is -2.48. The molecule has 1 unspecified atom stereocenters. The Hall–Kier alpha value is -1.46. The summed E-state index contributed by atoms with van der Waals surface area (Å²) < 4.78 is 0. The molecule has 0 bridgehead atoms. The predicted molar refractivity (Wildman–Crippen MR) is 64.4 cm³/mol. The van der Waals surface area contributed by atoms with Gasteiger partial charge in [0.25, 0.3) is 0 Å². The predicted octanol–water partition coefficient (Wildman–Crippen LogP) is 1.87. The molecule has 1 aliphatic carbocycles. The lowest BCUT2D eigenvalue weighted by molar-refractivity contribution is -0.126. The van der Waals surface area contributed by atoms with E-state index in [0.29, 0.717) is 10.6 Å². The van der Waals surface area contributed by atoms with Gasteiger partial charge in [-0.3, -0.25) is 4.79 Å². The van der Waals surface area contributed by atoms with Crippen molar-refractivity contribution in [1.82, 2.24) is 5.32 Å². The number of carbonyl (C=O) groups is 1. The molecule has 4 nitrogen and oxygen atoms in total. The minimum absolute atomic E-state index is 0.321. The maximum atomic E-state index is 11.8. The van der Waals surface area contributed by atoms with Crippen LogP contribution in [-0.2, 0) is 4.79 Å². The first-order valence-corrected chi connectivity index (χ1v) is 6.15. The smallest absolute Gasteiger partial charge is 0.243 e. The number of rotatable bonds is 0. The number of amides is 1. The highest BCUT2D eigenvalue weighted by Gasteiger charge is 2.50. The number of carbonyl (C=O) groups excluding carboxylic acids is 1. The normalized spacial score (nSPS) is 27.2. The largest absolute Gasteiger partial charge is 0.319 e. The Bertz CT molecular complexity index is 463. The molecule has 1 heterocycles. The highest BCUT2D eigenvalue weighted by molar-refractivity contribution is 7.84. The number of hydrogen-bond donors (Lipinski definition) is 2. The number of nitrogens with zero attached hydrogens (tertiary/aromatic N) is 2. The van der Waals surface area contributed by atoms with Crippen LogP contribution in [0.3, 0.4) is 0 Å². The molecule has 17 heavy (non-hydrogen) atoms. The zero-order valence-electron chi connectivity index (χ0n) is 9.36. The summed E-state index contributed by atoms with van der Waals surface area (Å²) in [5, 5.41) is 21.3. The molecular formula is C12H13N3OS. The average Bonchev–Trinajstić information content (AvgIpc) is 2.30. The van der Waals surface area contributed by atoms with E-state index >= 15 is 0 Å². The van der Waals surface area contributed by atoms with Crippen LogP contribution in [0.2, 0.25) is 0 Å². The van der Waals surface area contributed by atoms with Gasteiger partial charge < -0.3 is 5.32 Å². The van der Waals surface area contributed by atoms with Crippen molar-refractivity contribution in [3.63, 3.8) is 0 Å². The average molecular weight is 247 g/mol. The fourth-order valence-electron chi connectivity index (χ4n) is 2.95. The van der Waals surface area contributed by atoms with Gasteiger partial charge in [0.15, 0.2) is 0 Å².